The number of hydrogen-bond acceptors (Lipinski definition) is 2. The quantitative estimate of drug-likeness (QED) is 0.821. The molecule has 0 heterocycles. The number of benzene rings is 1. The van der Waals surface area contributed by atoms with Crippen LogP contribution in [0.5, 0.6) is 0 Å². The maximum absolute atomic E-state index is 13.1. The smallest absolute Gasteiger partial charge is 0.159 e. The molecule has 1 saturated carbocycles. The van der Waals surface area contributed by atoms with Crippen LogP contribution in [0.4, 0.5) is 8.78 Å². The summed E-state index contributed by atoms with van der Waals surface area (Å²) in [6.45, 7) is 1.21. The van der Waals surface area contributed by atoms with Gasteiger partial charge in [0.25, 0.3) is 0 Å². The van der Waals surface area contributed by atoms with Crippen molar-refractivity contribution in [2.75, 3.05) is 13.6 Å². The zero-order valence-corrected chi connectivity index (χ0v) is 10.4. The molecular formula is C14H16F2N2. The summed E-state index contributed by atoms with van der Waals surface area (Å²) in [5.41, 5.74) is 0.497. The van der Waals surface area contributed by atoms with Gasteiger partial charge in [-0.2, -0.15) is 5.26 Å². The molecule has 0 saturated heterocycles. The van der Waals surface area contributed by atoms with Crippen molar-refractivity contribution in [1.29, 1.82) is 5.26 Å². The van der Waals surface area contributed by atoms with Gasteiger partial charge in [0, 0.05) is 13.1 Å². The molecule has 1 aliphatic carbocycles. The molecule has 96 valence electrons. The van der Waals surface area contributed by atoms with E-state index in [1.54, 1.807) is 6.07 Å². The predicted molar refractivity (Wildman–Crippen MR) is 64.6 cm³/mol. The molecule has 0 aromatic heterocycles. The summed E-state index contributed by atoms with van der Waals surface area (Å²) >= 11 is 0. The highest BCUT2D eigenvalue weighted by Crippen LogP contribution is 2.40. The minimum absolute atomic E-state index is 0.229. The van der Waals surface area contributed by atoms with E-state index in [1.165, 1.54) is 6.07 Å². The fraction of sp³-hybridized carbons (Fsp3) is 0.500. The summed E-state index contributed by atoms with van der Waals surface area (Å²) in [5.74, 6) is -1.64. The highest BCUT2D eigenvalue weighted by atomic mass is 19.2. The second kappa shape index (κ2) is 5.03. The first kappa shape index (κ1) is 13.0. The van der Waals surface area contributed by atoms with Crippen LogP contribution in [-0.2, 0) is 6.54 Å². The van der Waals surface area contributed by atoms with Crippen molar-refractivity contribution in [2.45, 2.75) is 25.8 Å². The molecule has 1 aromatic carbocycles. The van der Waals surface area contributed by atoms with Crippen LogP contribution in [0.15, 0.2) is 18.2 Å². The first-order valence-electron chi connectivity index (χ1n) is 6.08. The zero-order valence-electron chi connectivity index (χ0n) is 10.4. The normalized spacial score (nSPS) is 17.3. The second-order valence-corrected chi connectivity index (χ2v) is 5.17. The number of halogens is 2. The molecule has 2 rings (SSSR count). The maximum Gasteiger partial charge on any atom is 0.159 e. The summed E-state index contributed by atoms with van der Waals surface area (Å²) in [6, 6.07) is 6.31. The van der Waals surface area contributed by atoms with Gasteiger partial charge in [0.15, 0.2) is 11.6 Å². The molecule has 0 N–H and O–H groups in total. The predicted octanol–water partition coefficient (Wildman–Crippen LogP) is 3.09. The Balaban J connectivity index is 1.97. The SMILES string of the molecule is CN(Cc1ccc(F)c(F)c1)CC1(C#N)CCC1. The van der Waals surface area contributed by atoms with Crippen LogP contribution in [0, 0.1) is 28.4 Å². The Bertz CT molecular complexity index is 475. The lowest BCUT2D eigenvalue weighted by Crippen LogP contribution is -2.39. The van der Waals surface area contributed by atoms with E-state index in [4.69, 9.17) is 5.26 Å². The molecule has 18 heavy (non-hydrogen) atoms. The molecule has 0 spiro atoms. The zero-order chi connectivity index (χ0) is 13.2. The lowest BCUT2D eigenvalue weighted by atomic mass is 9.69. The molecule has 0 atom stereocenters. The molecule has 0 bridgehead atoms. The van der Waals surface area contributed by atoms with Crippen LogP contribution >= 0.6 is 0 Å². The second-order valence-electron chi connectivity index (χ2n) is 5.17. The van der Waals surface area contributed by atoms with Crippen molar-refractivity contribution >= 4 is 0 Å². The fourth-order valence-corrected chi connectivity index (χ4v) is 2.43. The van der Waals surface area contributed by atoms with Gasteiger partial charge in [-0.25, -0.2) is 8.78 Å². The Morgan fingerprint density at radius 3 is 2.56 bits per heavy atom. The topological polar surface area (TPSA) is 27.0 Å². The molecule has 1 fully saturated rings. The first-order chi connectivity index (χ1) is 8.54. The Labute approximate surface area is 106 Å². The molecule has 4 heteroatoms. The minimum Gasteiger partial charge on any atom is -0.301 e. The van der Waals surface area contributed by atoms with Gasteiger partial charge in [-0.05, 0) is 37.6 Å². The van der Waals surface area contributed by atoms with E-state index in [9.17, 15) is 8.78 Å². The van der Waals surface area contributed by atoms with Gasteiger partial charge in [-0.15, -0.1) is 0 Å². The summed E-state index contributed by atoms with van der Waals surface area (Å²) in [5, 5.41) is 9.15. The van der Waals surface area contributed by atoms with Gasteiger partial charge in [0.2, 0.25) is 0 Å². The van der Waals surface area contributed by atoms with Crippen molar-refractivity contribution in [3.05, 3.63) is 35.4 Å². The maximum atomic E-state index is 13.1. The third kappa shape index (κ3) is 2.68. The fourth-order valence-electron chi connectivity index (χ4n) is 2.43. The van der Waals surface area contributed by atoms with Gasteiger partial charge in [0.05, 0.1) is 11.5 Å². The Kier molecular flexibility index (Phi) is 3.63. The monoisotopic (exact) mass is 250 g/mol. The average Bonchev–Trinajstić information content (AvgIpc) is 2.29. The first-order valence-corrected chi connectivity index (χ1v) is 6.08. The van der Waals surface area contributed by atoms with Crippen LogP contribution in [0.25, 0.3) is 0 Å². The van der Waals surface area contributed by atoms with Crippen molar-refractivity contribution in [1.82, 2.24) is 4.90 Å². The highest BCUT2D eigenvalue weighted by molar-refractivity contribution is 5.18. The van der Waals surface area contributed by atoms with Gasteiger partial charge in [-0.1, -0.05) is 12.5 Å². The average molecular weight is 250 g/mol. The Hall–Kier alpha value is -1.47. The Morgan fingerprint density at radius 1 is 1.33 bits per heavy atom. The molecule has 0 aliphatic heterocycles. The van der Waals surface area contributed by atoms with Crippen LogP contribution < -0.4 is 0 Å². The summed E-state index contributed by atoms with van der Waals surface area (Å²) < 4.78 is 25.9. The van der Waals surface area contributed by atoms with E-state index < -0.39 is 11.6 Å². The van der Waals surface area contributed by atoms with E-state index >= 15 is 0 Å². The lowest BCUT2D eigenvalue weighted by Gasteiger charge is -2.38. The molecule has 0 amide bonds. The molecule has 1 aromatic rings. The van der Waals surface area contributed by atoms with Crippen molar-refractivity contribution in [2.24, 2.45) is 5.41 Å². The minimum atomic E-state index is -0.825. The van der Waals surface area contributed by atoms with Crippen LogP contribution in [-0.4, -0.2) is 18.5 Å². The van der Waals surface area contributed by atoms with E-state index in [1.807, 2.05) is 11.9 Å². The summed E-state index contributed by atoms with van der Waals surface area (Å²) in [4.78, 5) is 2.00. The van der Waals surface area contributed by atoms with E-state index in [-0.39, 0.29) is 5.41 Å². The van der Waals surface area contributed by atoms with E-state index in [0.717, 1.165) is 30.9 Å². The largest absolute Gasteiger partial charge is 0.301 e. The standard InChI is InChI=1S/C14H16F2N2/c1-18(10-14(9-17)5-2-6-14)8-11-3-4-12(15)13(16)7-11/h3-4,7H,2,5-6,8,10H2,1H3. The van der Waals surface area contributed by atoms with Crippen LogP contribution in [0.3, 0.4) is 0 Å². The van der Waals surface area contributed by atoms with Crippen molar-refractivity contribution in [3.8, 4) is 6.07 Å². The summed E-state index contributed by atoms with van der Waals surface area (Å²) in [6.07, 6.45) is 2.98. The number of rotatable bonds is 4. The van der Waals surface area contributed by atoms with Crippen molar-refractivity contribution < 1.29 is 8.78 Å². The van der Waals surface area contributed by atoms with Gasteiger partial charge >= 0.3 is 0 Å². The third-order valence-corrected chi connectivity index (χ3v) is 3.56. The number of nitriles is 1. The molecule has 0 unspecified atom stereocenters. The lowest BCUT2D eigenvalue weighted by molar-refractivity contribution is 0.134. The highest BCUT2D eigenvalue weighted by Gasteiger charge is 2.37. The Morgan fingerprint density at radius 2 is 2.06 bits per heavy atom. The molecule has 0 radical (unpaired) electrons. The van der Waals surface area contributed by atoms with E-state index in [2.05, 4.69) is 6.07 Å². The van der Waals surface area contributed by atoms with Crippen LogP contribution in [0.2, 0.25) is 0 Å². The molecular weight excluding hydrogens is 234 g/mol. The van der Waals surface area contributed by atoms with Gasteiger partial charge in [0.1, 0.15) is 0 Å². The van der Waals surface area contributed by atoms with Gasteiger partial charge in [-0.3, -0.25) is 0 Å². The van der Waals surface area contributed by atoms with Gasteiger partial charge < -0.3 is 4.90 Å². The van der Waals surface area contributed by atoms with E-state index in [0.29, 0.717) is 13.1 Å². The van der Waals surface area contributed by atoms with Crippen molar-refractivity contribution in [3.63, 3.8) is 0 Å². The molecule has 2 nitrogen and oxygen atoms in total. The molecule has 1 aliphatic rings. The number of nitrogens with zero attached hydrogens (tertiary/aromatic N) is 2. The third-order valence-electron chi connectivity index (χ3n) is 3.56. The summed E-state index contributed by atoms with van der Waals surface area (Å²) in [7, 11) is 1.90. The number of hydrogen-bond donors (Lipinski definition) is 0. The van der Waals surface area contributed by atoms with Crippen LogP contribution in [0.1, 0.15) is 24.8 Å².